The smallest absolute Gasteiger partial charge is 0.306 e. The quantitative estimate of drug-likeness (QED) is 0.781. The van der Waals surface area contributed by atoms with Gasteiger partial charge in [0.05, 0.1) is 13.7 Å². The zero-order valence-electron chi connectivity index (χ0n) is 9.46. The molecule has 0 aliphatic rings. The molecule has 0 radical (unpaired) electrons. The average molecular weight is 287 g/mol. The van der Waals surface area contributed by atoms with Crippen LogP contribution in [0.15, 0.2) is 22.7 Å². The molecular formula is C12H15BrO3. The summed E-state index contributed by atoms with van der Waals surface area (Å²) in [6, 6.07) is 5.71. The van der Waals surface area contributed by atoms with E-state index in [0.717, 1.165) is 15.8 Å². The van der Waals surface area contributed by atoms with E-state index in [1.165, 1.54) is 0 Å². The molecule has 4 heteroatoms. The van der Waals surface area contributed by atoms with Gasteiger partial charge in [0.1, 0.15) is 5.75 Å². The third-order valence-electron chi connectivity index (χ3n) is 2.18. The maximum absolute atomic E-state index is 11.2. The van der Waals surface area contributed by atoms with E-state index in [4.69, 9.17) is 9.47 Å². The van der Waals surface area contributed by atoms with Gasteiger partial charge < -0.3 is 9.47 Å². The molecule has 0 aromatic heterocycles. The minimum atomic E-state index is -0.180. The maximum Gasteiger partial charge on any atom is 0.306 e. The highest BCUT2D eigenvalue weighted by Crippen LogP contribution is 2.27. The van der Waals surface area contributed by atoms with Gasteiger partial charge in [0.2, 0.25) is 0 Å². The van der Waals surface area contributed by atoms with Crippen molar-refractivity contribution in [1.29, 1.82) is 0 Å². The molecule has 1 aromatic rings. The van der Waals surface area contributed by atoms with Gasteiger partial charge in [0.15, 0.2) is 0 Å². The first-order valence-corrected chi connectivity index (χ1v) is 5.95. The predicted octanol–water partition coefficient (Wildman–Crippen LogP) is 2.95. The molecule has 0 saturated heterocycles. The molecule has 0 unspecified atom stereocenters. The Hall–Kier alpha value is -1.03. The highest BCUT2D eigenvalue weighted by atomic mass is 79.9. The second kappa shape index (κ2) is 6.53. The lowest BCUT2D eigenvalue weighted by Crippen LogP contribution is -2.06. The van der Waals surface area contributed by atoms with Crippen molar-refractivity contribution in [3.05, 3.63) is 28.2 Å². The molecule has 16 heavy (non-hydrogen) atoms. The number of rotatable bonds is 5. The molecule has 0 aliphatic carbocycles. The Morgan fingerprint density at radius 1 is 1.44 bits per heavy atom. The van der Waals surface area contributed by atoms with Crippen LogP contribution in [0.5, 0.6) is 5.75 Å². The van der Waals surface area contributed by atoms with Crippen molar-refractivity contribution in [1.82, 2.24) is 0 Å². The van der Waals surface area contributed by atoms with Crippen LogP contribution in [0.1, 0.15) is 18.9 Å². The molecule has 1 rings (SSSR count). The molecule has 1 aromatic carbocycles. The molecule has 0 heterocycles. The average Bonchev–Trinajstić information content (AvgIpc) is 2.27. The molecule has 0 saturated carbocycles. The summed E-state index contributed by atoms with van der Waals surface area (Å²) >= 11 is 3.44. The number of carbonyl (C=O) groups is 1. The first-order chi connectivity index (χ1) is 7.69. The van der Waals surface area contributed by atoms with E-state index in [1.807, 2.05) is 18.2 Å². The number of benzene rings is 1. The second-order valence-corrected chi connectivity index (χ2v) is 4.08. The van der Waals surface area contributed by atoms with E-state index >= 15 is 0 Å². The van der Waals surface area contributed by atoms with Crippen molar-refractivity contribution < 1.29 is 14.3 Å². The fourth-order valence-electron chi connectivity index (χ4n) is 1.43. The number of hydrogen-bond donors (Lipinski definition) is 0. The van der Waals surface area contributed by atoms with Crippen LogP contribution in [0.2, 0.25) is 0 Å². The molecule has 0 N–H and O–H groups in total. The van der Waals surface area contributed by atoms with Gasteiger partial charge in [-0.3, -0.25) is 4.79 Å². The molecule has 0 fully saturated rings. The molecule has 0 atom stereocenters. The van der Waals surface area contributed by atoms with Crippen LogP contribution in [0.3, 0.4) is 0 Å². The van der Waals surface area contributed by atoms with Crippen LogP contribution < -0.4 is 4.74 Å². The zero-order chi connectivity index (χ0) is 12.0. The Morgan fingerprint density at radius 3 is 2.81 bits per heavy atom. The number of methoxy groups -OCH3 is 1. The molecule has 3 nitrogen and oxygen atoms in total. The number of carbonyl (C=O) groups excluding carboxylic acids is 1. The van der Waals surface area contributed by atoms with Crippen molar-refractivity contribution in [2.24, 2.45) is 0 Å². The van der Waals surface area contributed by atoms with E-state index in [-0.39, 0.29) is 5.97 Å². The summed E-state index contributed by atoms with van der Waals surface area (Å²) in [4.78, 5) is 11.2. The Bertz CT molecular complexity index is 363. The Balaban J connectivity index is 2.69. The summed E-state index contributed by atoms with van der Waals surface area (Å²) in [5.41, 5.74) is 0.998. The fourth-order valence-corrected chi connectivity index (χ4v) is 1.98. The van der Waals surface area contributed by atoms with Gasteiger partial charge >= 0.3 is 5.97 Å². The molecule has 0 spiro atoms. The zero-order valence-corrected chi connectivity index (χ0v) is 11.0. The summed E-state index contributed by atoms with van der Waals surface area (Å²) in [6.45, 7) is 2.23. The van der Waals surface area contributed by atoms with Gasteiger partial charge in [0, 0.05) is 16.5 Å². The standard InChI is InChI=1S/C12H15BrO3/c1-3-16-12(14)8-7-9-10(13)5-4-6-11(9)15-2/h4-6H,3,7-8H2,1-2H3. The molecule has 0 bridgehead atoms. The van der Waals surface area contributed by atoms with Crippen LogP contribution in [0.4, 0.5) is 0 Å². The molecular weight excluding hydrogens is 272 g/mol. The summed E-state index contributed by atoms with van der Waals surface area (Å²) < 4.78 is 11.1. The second-order valence-electron chi connectivity index (χ2n) is 3.23. The fraction of sp³-hybridized carbons (Fsp3) is 0.417. The third-order valence-corrected chi connectivity index (χ3v) is 2.92. The summed E-state index contributed by atoms with van der Waals surface area (Å²) in [7, 11) is 1.62. The summed E-state index contributed by atoms with van der Waals surface area (Å²) in [6.07, 6.45) is 0.982. The Labute approximate surface area is 104 Å². The van der Waals surface area contributed by atoms with Crippen molar-refractivity contribution in [3.63, 3.8) is 0 Å². The number of ether oxygens (including phenoxy) is 2. The van der Waals surface area contributed by atoms with Gasteiger partial charge in [-0.2, -0.15) is 0 Å². The van der Waals surface area contributed by atoms with Gasteiger partial charge in [-0.15, -0.1) is 0 Å². The highest BCUT2D eigenvalue weighted by molar-refractivity contribution is 9.10. The molecule has 88 valence electrons. The van der Waals surface area contributed by atoms with Crippen molar-refractivity contribution in [2.45, 2.75) is 19.8 Å². The molecule has 0 aliphatic heterocycles. The van der Waals surface area contributed by atoms with Crippen molar-refractivity contribution >= 4 is 21.9 Å². The van der Waals surface area contributed by atoms with Crippen LogP contribution in [0.25, 0.3) is 0 Å². The maximum atomic E-state index is 11.2. The minimum absolute atomic E-state index is 0.180. The minimum Gasteiger partial charge on any atom is -0.496 e. The lowest BCUT2D eigenvalue weighted by Gasteiger charge is -2.09. The van der Waals surface area contributed by atoms with E-state index in [1.54, 1.807) is 14.0 Å². The SMILES string of the molecule is CCOC(=O)CCc1c(Br)cccc1OC. The van der Waals surface area contributed by atoms with Crippen LogP contribution in [0, 0.1) is 0 Å². The van der Waals surface area contributed by atoms with E-state index in [0.29, 0.717) is 19.4 Å². The van der Waals surface area contributed by atoms with Gasteiger partial charge in [-0.1, -0.05) is 22.0 Å². The number of hydrogen-bond acceptors (Lipinski definition) is 3. The van der Waals surface area contributed by atoms with Gasteiger partial charge in [-0.05, 0) is 25.5 Å². The first-order valence-electron chi connectivity index (χ1n) is 5.16. The normalized spacial score (nSPS) is 9.94. The van der Waals surface area contributed by atoms with Gasteiger partial charge in [-0.25, -0.2) is 0 Å². The summed E-state index contributed by atoms with van der Waals surface area (Å²) in [5, 5.41) is 0. The van der Waals surface area contributed by atoms with E-state index in [9.17, 15) is 4.79 Å². The van der Waals surface area contributed by atoms with Crippen LogP contribution >= 0.6 is 15.9 Å². The van der Waals surface area contributed by atoms with Gasteiger partial charge in [0.25, 0.3) is 0 Å². The Morgan fingerprint density at radius 2 is 2.19 bits per heavy atom. The number of esters is 1. The predicted molar refractivity (Wildman–Crippen MR) is 65.6 cm³/mol. The lowest BCUT2D eigenvalue weighted by atomic mass is 10.1. The molecule has 0 amide bonds. The van der Waals surface area contributed by atoms with Crippen molar-refractivity contribution in [3.8, 4) is 5.75 Å². The Kier molecular flexibility index (Phi) is 5.32. The third kappa shape index (κ3) is 3.52. The largest absolute Gasteiger partial charge is 0.496 e. The van der Waals surface area contributed by atoms with Crippen molar-refractivity contribution in [2.75, 3.05) is 13.7 Å². The first kappa shape index (κ1) is 13.0. The van der Waals surface area contributed by atoms with Crippen LogP contribution in [-0.4, -0.2) is 19.7 Å². The number of halogens is 1. The topological polar surface area (TPSA) is 35.5 Å². The summed E-state index contributed by atoms with van der Waals surface area (Å²) in [5.74, 6) is 0.610. The lowest BCUT2D eigenvalue weighted by molar-refractivity contribution is -0.143. The van der Waals surface area contributed by atoms with E-state index in [2.05, 4.69) is 15.9 Å². The highest BCUT2D eigenvalue weighted by Gasteiger charge is 2.10. The monoisotopic (exact) mass is 286 g/mol. The van der Waals surface area contributed by atoms with Crippen LogP contribution in [-0.2, 0) is 16.0 Å². The van der Waals surface area contributed by atoms with E-state index < -0.39 is 0 Å².